The first kappa shape index (κ1) is 10.9. The van der Waals surface area contributed by atoms with Crippen LogP contribution in [0.15, 0.2) is 0 Å². The minimum atomic E-state index is -4.01. The first-order valence-electron chi connectivity index (χ1n) is 3.78. The van der Waals surface area contributed by atoms with Crippen LogP contribution in [0.1, 0.15) is 12.8 Å². The molecule has 0 N–H and O–H groups in total. The summed E-state index contributed by atoms with van der Waals surface area (Å²) in [7, 11) is -4.01. The van der Waals surface area contributed by atoms with Gasteiger partial charge in [-0.2, -0.15) is 0 Å². The van der Waals surface area contributed by atoms with Crippen molar-refractivity contribution < 1.29 is 42.5 Å². The molecule has 0 spiro atoms. The van der Waals surface area contributed by atoms with Gasteiger partial charge in [-0.25, -0.2) is 8.42 Å². The molecule has 2 unspecified atom stereocenters. The van der Waals surface area contributed by atoms with E-state index in [1.165, 1.54) is 0 Å². The number of rotatable bonds is 1. The molecule has 0 radical (unpaired) electrons. The van der Waals surface area contributed by atoms with Crippen molar-refractivity contribution in [2.45, 2.75) is 24.1 Å². The van der Waals surface area contributed by atoms with Gasteiger partial charge < -0.3 is 4.55 Å². The maximum Gasteiger partial charge on any atom is 1.00 e. The quantitative estimate of drug-likeness (QED) is 0.323. The molecule has 6 heteroatoms. The van der Waals surface area contributed by atoms with Crippen LogP contribution in [0.25, 0.3) is 0 Å². The molecule has 2 atom stereocenters. The first-order valence-corrected chi connectivity index (χ1v) is 5.25. The minimum Gasteiger partial charge on any atom is -0.748 e. The Bertz CT molecular complexity index is 266. The van der Waals surface area contributed by atoms with E-state index in [2.05, 4.69) is 4.90 Å². The summed E-state index contributed by atoms with van der Waals surface area (Å²) in [6.45, 7) is 1.44. The van der Waals surface area contributed by atoms with Crippen molar-refractivity contribution in [3.63, 3.8) is 0 Å². The molecular weight excluding hydrogens is 189 g/mol. The maximum atomic E-state index is 10.6. The Morgan fingerprint density at radius 2 is 2.08 bits per heavy atom. The second-order valence-electron chi connectivity index (χ2n) is 3.24. The van der Waals surface area contributed by atoms with E-state index in [0.717, 1.165) is 19.4 Å². The molecule has 0 saturated carbocycles. The Morgan fingerprint density at radius 3 is 2.58 bits per heavy atom. The van der Waals surface area contributed by atoms with Crippen LogP contribution in [0.4, 0.5) is 0 Å². The number of hydrogen-bond donors (Lipinski definition) is 0. The van der Waals surface area contributed by atoms with Crippen LogP contribution in [-0.4, -0.2) is 42.3 Å². The first-order chi connectivity index (χ1) is 5.09. The normalized spacial score (nSPS) is 35.1. The molecular formula is C6H10NNaO3S. The zero-order valence-electron chi connectivity index (χ0n) is 7.06. The average Bonchev–Trinajstić information content (AvgIpc) is 2.08. The molecule has 2 fully saturated rings. The predicted molar refractivity (Wildman–Crippen MR) is 38.1 cm³/mol. The van der Waals surface area contributed by atoms with Gasteiger partial charge in [-0.3, -0.25) is 4.90 Å². The van der Waals surface area contributed by atoms with Gasteiger partial charge in [0, 0.05) is 12.6 Å². The molecule has 4 nitrogen and oxygen atoms in total. The van der Waals surface area contributed by atoms with Crippen LogP contribution >= 0.6 is 0 Å². The third-order valence-electron chi connectivity index (χ3n) is 2.63. The summed E-state index contributed by atoms with van der Waals surface area (Å²) in [6, 6.07) is 0.0532. The van der Waals surface area contributed by atoms with E-state index in [4.69, 9.17) is 0 Å². The van der Waals surface area contributed by atoms with Crippen LogP contribution in [0, 0.1) is 0 Å². The summed E-state index contributed by atoms with van der Waals surface area (Å²) in [6.07, 6.45) is 1.92. The van der Waals surface area contributed by atoms with Crippen LogP contribution in [0.3, 0.4) is 0 Å². The molecule has 2 aliphatic rings. The molecule has 2 heterocycles. The zero-order valence-corrected chi connectivity index (χ0v) is 9.88. The van der Waals surface area contributed by atoms with Crippen LogP contribution in [-0.2, 0) is 10.1 Å². The van der Waals surface area contributed by atoms with Gasteiger partial charge in [0.25, 0.3) is 0 Å². The van der Waals surface area contributed by atoms with Crippen LogP contribution < -0.4 is 29.6 Å². The van der Waals surface area contributed by atoms with E-state index in [-0.39, 0.29) is 35.6 Å². The molecule has 0 aromatic carbocycles. The smallest absolute Gasteiger partial charge is 0.748 e. The van der Waals surface area contributed by atoms with Crippen LogP contribution in [0.2, 0.25) is 0 Å². The maximum absolute atomic E-state index is 10.6. The Balaban J connectivity index is 0.000000720. The number of hydrogen-bond acceptors (Lipinski definition) is 4. The van der Waals surface area contributed by atoms with Crippen molar-refractivity contribution in [3.8, 4) is 0 Å². The number of fused-ring (bicyclic) bond motifs is 1. The van der Waals surface area contributed by atoms with Crippen molar-refractivity contribution in [1.82, 2.24) is 4.90 Å². The minimum absolute atomic E-state index is 0. The summed E-state index contributed by atoms with van der Waals surface area (Å²) in [4.78, 5) is 2.07. The average molecular weight is 199 g/mol. The topological polar surface area (TPSA) is 60.4 Å². The molecule has 0 aromatic heterocycles. The molecule has 2 saturated heterocycles. The summed E-state index contributed by atoms with van der Waals surface area (Å²) >= 11 is 0. The Kier molecular flexibility index (Phi) is 3.24. The van der Waals surface area contributed by atoms with Gasteiger partial charge in [0.15, 0.2) is 0 Å². The van der Waals surface area contributed by atoms with E-state index in [1.807, 2.05) is 0 Å². The van der Waals surface area contributed by atoms with Gasteiger partial charge in [0.05, 0.1) is 5.25 Å². The molecule has 2 rings (SSSR count). The van der Waals surface area contributed by atoms with E-state index >= 15 is 0 Å². The monoisotopic (exact) mass is 199 g/mol. The second kappa shape index (κ2) is 3.55. The molecule has 2 aliphatic heterocycles. The fourth-order valence-corrected chi connectivity index (χ4v) is 3.07. The van der Waals surface area contributed by atoms with E-state index in [9.17, 15) is 13.0 Å². The van der Waals surface area contributed by atoms with Crippen molar-refractivity contribution in [2.24, 2.45) is 0 Å². The van der Waals surface area contributed by atoms with Crippen LogP contribution in [0.5, 0.6) is 0 Å². The summed E-state index contributed by atoms with van der Waals surface area (Å²) < 4.78 is 31.7. The van der Waals surface area contributed by atoms with Crippen molar-refractivity contribution >= 4 is 10.1 Å². The van der Waals surface area contributed by atoms with E-state index in [0.29, 0.717) is 6.54 Å². The largest absolute Gasteiger partial charge is 1.00 e. The number of nitrogens with zero attached hydrogens (tertiary/aromatic N) is 1. The summed E-state index contributed by atoms with van der Waals surface area (Å²) in [5.74, 6) is 0. The van der Waals surface area contributed by atoms with E-state index in [1.54, 1.807) is 0 Å². The second-order valence-corrected chi connectivity index (χ2v) is 4.83. The predicted octanol–water partition coefficient (Wildman–Crippen LogP) is -3.62. The fraction of sp³-hybridized carbons (Fsp3) is 1.00. The molecule has 12 heavy (non-hydrogen) atoms. The third kappa shape index (κ3) is 1.71. The van der Waals surface area contributed by atoms with Gasteiger partial charge in [0.1, 0.15) is 10.1 Å². The Labute approximate surface area is 94.4 Å². The van der Waals surface area contributed by atoms with Gasteiger partial charge >= 0.3 is 29.6 Å². The fourth-order valence-electron chi connectivity index (χ4n) is 2.00. The molecule has 0 amide bonds. The Hall–Kier alpha value is 0.870. The van der Waals surface area contributed by atoms with Gasteiger partial charge in [-0.15, -0.1) is 0 Å². The molecule has 0 bridgehead atoms. The van der Waals surface area contributed by atoms with E-state index < -0.39 is 15.4 Å². The summed E-state index contributed by atoms with van der Waals surface area (Å²) in [5.41, 5.74) is 0. The standard InChI is InChI=1S/C6H11NO3S.Na/c8-11(9,10)6-4-7-3-1-2-5(6)7;/h5-6H,1-4H2,(H,8,9,10);/q;+1/p-1. The zero-order chi connectivity index (χ0) is 8.06. The Morgan fingerprint density at radius 1 is 1.42 bits per heavy atom. The molecule has 0 aliphatic carbocycles. The van der Waals surface area contributed by atoms with Crippen molar-refractivity contribution in [2.75, 3.05) is 13.1 Å². The molecule has 0 aromatic rings. The SMILES string of the molecule is O=S(=O)([O-])C1CN2CCCC12.[Na+]. The van der Waals surface area contributed by atoms with Gasteiger partial charge in [-0.1, -0.05) is 0 Å². The van der Waals surface area contributed by atoms with Gasteiger partial charge in [0.2, 0.25) is 0 Å². The molecule has 64 valence electrons. The summed E-state index contributed by atoms with van der Waals surface area (Å²) in [5, 5.41) is -0.606. The third-order valence-corrected chi connectivity index (χ3v) is 3.83. The van der Waals surface area contributed by atoms with Gasteiger partial charge in [-0.05, 0) is 19.4 Å². The van der Waals surface area contributed by atoms with Crippen molar-refractivity contribution in [3.05, 3.63) is 0 Å². The van der Waals surface area contributed by atoms with Crippen molar-refractivity contribution in [1.29, 1.82) is 0 Å².